The Morgan fingerprint density at radius 1 is 0.789 bits per heavy atom. The molecule has 1 aliphatic carbocycles. The minimum absolute atomic E-state index is 0.186. The summed E-state index contributed by atoms with van der Waals surface area (Å²) in [6, 6.07) is 19.5. The number of hydrogen-bond donors (Lipinski definition) is 0. The second-order valence-electron chi connectivity index (χ2n) is 5.87. The van der Waals surface area contributed by atoms with Gasteiger partial charge in [0.25, 0.3) is 0 Å². The van der Waals surface area contributed by atoms with Gasteiger partial charge in [-0.15, -0.1) is 0 Å². The molecule has 0 atom stereocenters. The zero-order valence-corrected chi connectivity index (χ0v) is 11.7. The minimum atomic E-state index is 0.186. The van der Waals surface area contributed by atoms with Gasteiger partial charge in [-0.3, -0.25) is 0 Å². The predicted molar refractivity (Wildman–Crippen MR) is 82.2 cm³/mol. The number of allylic oxidation sites excluding steroid dienone is 1. The monoisotopic (exact) mass is 248 g/mol. The van der Waals surface area contributed by atoms with Crippen LogP contribution in [0, 0.1) is 0 Å². The Balaban J connectivity index is 1.80. The first-order valence-corrected chi connectivity index (χ1v) is 7.02. The van der Waals surface area contributed by atoms with Gasteiger partial charge in [0.05, 0.1) is 0 Å². The van der Waals surface area contributed by atoms with Crippen LogP contribution in [-0.4, -0.2) is 0 Å². The summed E-state index contributed by atoms with van der Waals surface area (Å²) >= 11 is 0. The van der Waals surface area contributed by atoms with Gasteiger partial charge in [-0.1, -0.05) is 80.1 Å². The molecule has 2 aromatic rings. The smallest absolute Gasteiger partial charge is 0.0114 e. The molecule has 1 aliphatic rings. The molecule has 0 saturated carbocycles. The molecule has 0 spiro atoms. The summed E-state index contributed by atoms with van der Waals surface area (Å²) in [5.74, 6) is 0. The number of hydrogen-bond acceptors (Lipinski definition) is 0. The molecule has 0 N–H and O–H groups in total. The topological polar surface area (TPSA) is 0 Å². The first kappa shape index (κ1) is 12.2. The first-order valence-electron chi connectivity index (χ1n) is 7.02. The maximum Gasteiger partial charge on any atom is 0.0114 e. The van der Waals surface area contributed by atoms with Gasteiger partial charge >= 0.3 is 0 Å². The van der Waals surface area contributed by atoms with Crippen LogP contribution in [-0.2, 0) is 11.8 Å². The van der Waals surface area contributed by atoms with Crippen LogP contribution in [0.5, 0.6) is 0 Å². The van der Waals surface area contributed by atoms with Crippen LogP contribution in [0.3, 0.4) is 0 Å². The van der Waals surface area contributed by atoms with E-state index in [2.05, 4.69) is 74.5 Å². The second-order valence-corrected chi connectivity index (χ2v) is 5.87. The Bertz CT molecular complexity index is 603. The third-order valence-corrected chi connectivity index (χ3v) is 4.29. The van der Waals surface area contributed by atoms with E-state index in [0.717, 1.165) is 12.8 Å². The van der Waals surface area contributed by atoms with Gasteiger partial charge in [0.2, 0.25) is 0 Å². The number of rotatable bonds is 3. The Labute approximate surface area is 115 Å². The fourth-order valence-electron chi connectivity index (χ4n) is 3.04. The summed E-state index contributed by atoms with van der Waals surface area (Å²) < 4.78 is 0. The van der Waals surface area contributed by atoms with Gasteiger partial charge in [0, 0.05) is 5.41 Å². The third-order valence-electron chi connectivity index (χ3n) is 4.29. The number of aryl methyl sites for hydroxylation is 1. The molecule has 0 bridgehead atoms. The molecular weight excluding hydrogens is 228 g/mol. The Kier molecular flexibility index (Phi) is 3.02. The van der Waals surface area contributed by atoms with E-state index in [0.29, 0.717) is 0 Å². The highest BCUT2D eigenvalue weighted by atomic mass is 14.3. The molecule has 96 valence electrons. The van der Waals surface area contributed by atoms with Crippen molar-refractivity contribution >= 4 is 6.08 Å². The van der Waals surface area contributed by atoms with E-state index < -0.39 is 0 Å². The fraction of sp³-hybridized carbons (Fsp3) is 0.263. The standard InChI is InChI=1S/C19H20/c1-19(2)17(13-12-15-8-4-3-5-9-15)14-16-10-6-7-11-18(16)19/h3-11,14H,12-13H2,1-2H3. The average molecular weight is 248 g/mol. The first-order chi connectivity index (χ1) is 9.18. The van der Waals surface area contributed by atoms with Crippen LogP contribution in [0.15, 0.2) is 60.2 Å². The highest BCUT2D eigenvalue weighted by molar-refractivity contribution is 5.68. The summed E-state index contributed by atoms with van der Waals surface area (Å²) in [7, 11) is 0. The summed E-state index contributed by atoms with van der Waals surface area (Å²) in [5.41, 5.74) is 6.03. The molecule has 0 heteroatoms. The van der Waals surface area contributed by atoms with Gasteiger partial charge < -0.3 is 0 Å². The molecule has 0 aliphatic heterocycles. The molecule has 19 heavy (non-hydrogen) atoms. The minimum Gasteiger partial charge on any atom is -0.0622 e. The Morgan fingerprint density at radius 3 is 2.21 bits per heavy atom. The van der Waals surface area contributed by atoms with E-state index in [-0.39, 0.29) is 5.41 Å². The van der Waals surface area contributed by atoms with Gasteiger partial charge in [-0.25, -0.2) is 0 Å². The van der Waals surface area contributed by atoms with Crippen LogP contribution < -0.4 is 0 Å². The van der Waals surface area contributed by atoms with Gasteiger partial charge in [-0.05, 0) is 29.5 Å². The summed E-state index contributed by atoms with van der Waals surface area (Å²) in [6.07, 6.45) is 4.66. The largest absolute Gasteiger partial charge is 0.0622 e. The number of benzene rings is 2. The SMILES string of the molecule is CC1(C)C(CCc2ccccc2)=Cc2ccccc21. The maximum absolute atomic E-state index is 2.39. The van der Waals surface area contributed by atoms with Crippen molar-refractivity contribution in [2.45, 2.75) is 32.1 Å². The van der Waals surface area contributed by atoms with Crippen molar-refractivity contribution in [1.29, 1.82) is 0 Å². The average Bonchev–Trinajstić information content (AvgIpc) is 2.70. The van der Waals surface area contributed by atoms with Crippen LogP contribution >= 0.6 is 0 Å². The second kappa shape index (κ2) is 4.70. The lowest BCUT2D eigenvalue weighted by Gasteiger charge is -2.24. The van der Waals surface area contributed by atoms with E-state index in [1.165, 1.54) is 16.7 Å². The number of fused-ring (bicyclic) bond motifs is 1. The van der Waals surface area contributed by atoms with Gasteiger partial charge in [-0.2, -0.15) is 0 Å². The van der Waals surface area contributed by atoms with Crippen molar-refractivity contribution in [1.82, 2.24) is 0 Å². The molecule has 0 nitrogen and oxygen atoms in total. The van der Waals surface area contributed by atoms with E-state index in [9.17, 15) is 0 Å². The van der Waals surface area contributed by atoms with Crippen molar-refractivity contribution in [3.8, 4) is 0 Å². The van der Waals surface area contributed by atoms with E-state index >= 15 is 0 Å². The van der Waals surface area contributed by atoms with E-state index in [1.54, 1.807) is 5.57 Å². The van der Waals surface area contributed by atoms with Crippen molar-refractivity contribution in [2.24, 2.45) is 0 Å². The highest BCUT2D eigenvalue weighted by Gasteiger charge is 2.31. The lowest BCUT2D eigenvalue weighted by Crippen LogP contribution is -2.17. The predicted octanol–water partition coefficient (Wildman–Crippen LogP) is 4.99. The van der Waals surface area contributed by atoms with Crippen LogP contribution in [0.25, 0.3) is 6.08 Å². The summed E-state index contributed by atoms with van der Waals surface area (Å²) in [5, 5.41) is 0. The zero-order valence-electron chi connectivity index (χ0n) is 11.7. The molecule has 3 rings (SSSR count). The molecule has 0 aromatic heterocycles. The maximum atomic E-state index is 2.39. The molecule has 0 unspecified atom stereocenters. The van der Waals surface area contributed by atoms with E-state index in [1.807, 2.05) is 0 Å². The van der Waals surface area contributed by atoms with Crippen molar-refractivity contribution in [2.75, 3.05) is 0 Å². The molecule has 0 radical (unpaired) electrons. The summed E-state index contributed by atoms with van der Waals surface area (Å²) in [4.78, 5) is 0. The molecule has 0 saturated heterocycles. The van der Waals surface area contributed by atoms with Gasteiger partial charge in [0.1, 0.15) is 0 Å². The fourth-order valence-corrected chi connectivity index (χ4v) is 3.04. The van der Waals surface area contributed by atoms with Crippen molar-refractivity contribution in [3.63, 3.8) is 0 Å². The van der Waals surface area contributed by atoms with Gasteiger partial charge in [0.15, 0.2) is 0 Å². The summed E-state index contributed by atoms with van der Waals surface area (Å²) in [6.45, 7) is 4.69. The van der Waals surface area contributed by atoms with Crippen molar-refractivity contribution in [3.05, 3.63) is 76.9 Å². The van der Waals surface area contributed by atoms with Crippen LogP contribution in [0.2, 0.25) is 0 Å². The van der Waals surface area contributed by atoms with E-state index in [4.69, 9.17) is 0 Å². The quantitative estimate of drug-likeness (QED) is 0.717. The zero-order chi connectivity index (χ0) is 13.3. The van der Waals surface area contributed by atoms with Crippen LogP contribution in [0.1, 0.15) is 37.0 Å². The third kappa shape index (κ3) is 2.23. The normalized spacial score (nSPS) is 16.0. The molecule has 0 amide bonds. The highest BCUT2D eigenvalue weighted by Crippen LogP contribution is 2.42. The molecular formula is C19H20. The Hall–Kier alpha value is -1.82. The lowest BCUT2D eigenvalue weighted by molar-refractivity contribution is 0.607. The molecule has 2 aromatic carbocycles. The molecule has 0 heterocycles. The van der Waals surface area contributed by atoms with Crippen molar-refractivity contribution < 1.29 is 0 Å². The Morgan fingerprint density at radius 2 is 1.47 bits per heavy atom. The molecule has 0 fully saturated rings. The van der Waals surface area contributed by atoms with Crippen LogP contribution in [0.4, 0.5) is 0 Å². The lowest BCUT2D eigenvalue weighted by atomic mass is 9.79.